The molecule has 2 nitrogen and oxygen atoms in total. The molecule has 0 aliphatic heterocycles. The van der Waals surface area contributed by atoms with Crippen LogP contribution in [0, 0.1) is 11.3 Å². The quantitative estimate of drug-likeness (QED) is 0.523. The van der Waals surface area contributed by atoms with Crippen molar-refractivity contribution in [1.29, 1.82) is 5.26 Å². The first-order valence-corrected chi connectivity index (χ1v) is 7.30. The van der Waals surface area contributed by atoms with Gasteiger partial charge in [0.1, 0.15) is 0 Å². The van der Waals surface area contributed by atoms with Gasteiger partial charge in [0.15, 0.2) is 0 Å². The topological polar surface area (TPSA) is 28.7 Å². The number of aromatic nitrogens is 1. The van der Waals surface area contributed by atoms with E-state index in [9.17, 15) is 0 Å². The number of fused-ring (bicyclic) bond motifs is 2. The van der Waals surface area contributed by atoms with Crippen molar-refractivity contribution in [3.63, 3.8) is 0 Å². The van der Waals surface area contributed by atoms with Crippen LogP contribution in [0.2, 0.25) is 0 Å². The van der Waals surface area contributed by atoms with Crippen LogP contribution in [0.25, 0.3) is 21.7 Å². The van der Waals surface area contributed by atoms with Gasteiger partial charge in [0, 0.05) is 23.6 Å². The summed E-state index contributed by atoms with van der Waals surface area (Å²) < 4.78 is 2.22. The summed E-state index contributed by atoms with van der Waals surface area (Å²) in [5.41, 5.74) is 3.14. The second-order valence-corrected chi connectivity index (χ2v) is 5.51. The third kappa shape index (κ3) is 2.13. The van der Waals surface area contributed by atoms with Crippen molar-refractivity contribution in [2.45, 2.75) is 6.54 Å². The Morgan fingerprint density at radius 2 is 1.68 bits per heavy atom. The Kier molecular flexibility index (Phi) is 2.91. The van der Waals surface area contributed by atoms with Gasteiger partial charge >= 0.3 is 0 Å². The van der Waals surface area contributed by atoms with Gasteiger partial charge in [0.25, 0.3) is 0 Å². The SMILES string of the molecule is N#Cc1ccc2c(ccn2Cc2ccc3ccccc3c2)c1. The third-order valence-electron chi connectivity index (χ3n) is 4.07. The van der Waals surface area contributed by atoms with E-state index in [4.69, 9.17) is 5.26 Å². The number of hydrogen-bond acceptors (Lipinski definition) is 1. The fourth-order valence-corrected chi connectivity index (χ4v) is 2.94. The van der Waals surface area contributed by atoms with Crippen molar-refractivity contribution >= 4 is 21.7 Å². The molecule has 0 bridgehead atoms. The molecule has 1 aromatic heterocycles. The average molecular weight is 282 g/mol. The van der Waals surface area contributed by atoms with Crippen molar-refractivity contribution in [2.24, 2.45) is 0 Å². The molecule has 0 N–H and O–H groups in total. The van der Waals surface area contributed by atoms with E-state index in [1.807, 2.05) is 18.2 Å². The Morgan fingerprint density at radius 3 is 2.55 bits per heavy atom. The second-order valence-electron chi connectivity index (χ2n) is 5.51. The molecule has 0 saturated carbocycles. The van der Waals surface area contributed by atoms with E-state index < -0.39 is 0 Å². The zero-order chi connectivity index (χ0) is 14.9. The summed E-state index contributed by atoms with van der Waals surface area (Å²) in [6, 6.07) is 25.1. The van der Waals surface area contributed by atoms with E-state index in [0.29, 0.717) is 5.56 Å². The highest BCUT2D eigenvalue weighted by atomic mass is 14.9. The molecule has 0 fully saturated rings. The van der Waals surface area contributed by atoms with Crippen LogP contribution in [-0.4, -0.2) is 4.57 Å². The van der Waals surface area contributed by atoms with Gasteiger partial charge in [-0.15, -0.1) is 0 Å². The summed E-state index contributed by atoms with van der Waals surface area (Å²) in [6.45, 7) is 0.834. The first kappa shape index (κ1) is 12.7. The minimum Gasteiger partial charge on any atom is -0.343 e. The van der Waals surface area contributed by atoms with Crippen molar-refractivity contribution in [2.75, 3.05) is 0 Å². The maximum Gasteiger partial charge on any atom is 0.0991 e. The van der Waals surface area contributed by atoms with Crippen molar-refractivity contribution in [3.05, 3.63) is 84.1 Å². The lowest BCUT2D eigenvalue weighted by molar-refractivity contribution is 0.838. The Balaban J connectivity index is 1.74. The van der Waals surface area contributed by atoms with E-state index in [0.717, 1.165) is 17.4 Å². The molecular formula is C20H14N2. The highest BCUT2D eigenvalue weighted by molar-refractivity contribution is 5.83. The van der Waals surface area contributed by atoms with Crippen molar-refractivity contribution in [1.82, 2.24) is 4.57 Å². The number of nitrogens with zero attached hydrogens (tertiary/aromatic N) is 2. The van der Waals surface area contributed by atoms with E-state index in [1.165, 1.54) is 16.3 Å². The minimum atomic E-state index is 0.705. The lowest BCUT2D eigenvalue weighted by Gasteiger charge is -2.07. The number of rotatable bonds is 2. The van der Waals surface area contributed by atoms with Gasteiger partial charge in [-0.25, -0.2) is 0 Å². The van der Waals surface area contributed by atoms with Crippen molar-refractivity contribution < 1.29 is 0 Å². The Morgan fingerprint density at radius 1 is 0.818 bits per heavy atom. The molecule has 0 aliphatic rings. The van der Waals surface area contributed by atoms with Crippen LogP contribution in [0.1, 0.15) is 11.1 Å². The normalized spacial score (nSPS) is 10.9. The Bertz CT molecular complexity index is 1020. The summed E-state index contributed by atoms with van der Waals surface area (Å²) in [4.78, 5) is 0. The molecule has 0 amide bonds. The van der Waals surface area contributed by atoms with Gasteiger partial charge in [-0.05, 0) is 46.7 Å². The van der Waals surface area contributed by atoms with Crippen LogP contribution < -0.4 is 0 Å². The molecular weight excluding hydrogens is 268 g/mol. The largest absolute Gasteiger partial charge is 0.343 e. The molecule has 0 atom stereocenters. The van der Waals surface area contributed by atoms with Crippen LogP contribution in [0.3, 0.4) is 0 Å². The number of nitriles is 1. The van der Waals surface area contributed by atoms with Crippen LogP contribution in [0.4, 0.5) is 0 Å². The predicted octanol–water partition coefficient (Wildman–Crippen LogP) is 4.71. The second kappa shape index (κ2) is 5.05. The van der Waals surface area contributed by atoms with E-state index in [-0.39, 0.29) is 0 Å². The smallest absolute Gasteiger partial charge is 0.0991 e. The summed E-state index contributed by atoms with van der Waals surface area (Å²) in [5, 5.41) is 12.6. The highest BCUT2D eigenvalue weighted by Crippen LogP contribution is 2.21. The summed E-state index contributed by atoms with van der Waals surface area (Å²) in [7, 11) is 0. The third-order valence-corrected chi connectivity index (χ3v) is 4.07. The van der Waals surface area contributed by atoms with Gasteiger partial charge in [-0.2, -0.15) is 5.26 Å². The summed E-state index contributed by atoms with van der Waals surface area (Å²) in [5.74, 6) is 0. The maximum atomic E-state index is 8.98. The molecule has 0 radical (unpaired) electrons. The molecule has 4 rings (SSSR count). The number of benzene rings is 3. The van der Waals surface area contributed by atoms with E-state index in [1.54, 1.807) is 0 Å². The maximum absolute atomic E-state index is 8.98. The first-order chi connectivity index (χ1) is 10.8. The Hall–Kier alpha value is -3.05. The van der Waals surface area contributed by atoms with Crippen molar-refractivity contribution in [3.8, 4) is 6.07 Å². The molecule has 0 spiro atoms. The van der Waals surface area contributed by atoms with Crippen LogP contribution in [-0.2, 0) is 6.54 Å². The molecule has 0 saturated heterocycles. The van der Waals surface area contributed by atoms with Gasteiger partial charge < -0.3 is 4.57 Å². The Labute approximate surface area is 128 Å². The molecule has 4 aromatic rings. The monoisotopic (exact) mass is 282 g/mol. The predicted molar refractivity (Wildman–Crippen MR) is 89.7 cm³/mol. The fraction of sp³-hybridized carbons (Fsp3) is 0.0500. The summed E-state index contributed by atoms with van der Waals surface area (Å²) >= 11 is 0. The first-order valence-electron chi connectivity index (χ1n) is 7.30. The van der Waals surface area contributed by atoms with Gasteiger partial charge in [0.2, 0.25) is 0 Å². The van der Waals surface area contributed by atoms with Crippen LogP contribution >= 0.6 is 0 Å². The zero-order valence-electron chi connectivity index (χ0n) is 12.0. The molecule has 1 heterocycles. The molecule has 0 aliphatic carbocycles. The average Bonchev–Trinajstić information content (AvgIpc) is 2.97. The summed E-state index contributed by atoms with van der Waals surface area (Å²) in [6.07, 6.45) is 2.08. The van der Waals surface area contributed by atoms with Crippen LogP contribution in [0.5, 0.6) is 0 Å². The molecule has 2 heteroatoms. The molecule has 104 valence electrons. The molecule has 22 heavy (non-hydrogen) atoms. The van der Waals surface area contributed by atoms with E-state index in [2.05, 4.69) is 65.4 Å². The number of hydrogen-bond donors (Lipinski definition) is 0. The van der Waals surface area contributed by atoms with E-state index >= 15 is 0 Å². The molecule has 3 aromatic carbocycles. The van der Waals surface area contributed by atoms with Gasteiger partial charge in [-0.1, -0.05) is 36.4 Å². The lowest BCUT2D eigenvalue weighted by Crippen LogP contribution is -1.97. The lowest BCUT2D eigenvalue weighted by atomic mass is 10.1. The minimum absolute atomic E-state index is 0.705. The molecule has 0 unspecified atom stereocenters. The fourth-order valence-electron chi connectivity index (χ4n) is 2.94. The van der Waals surface area contributed by atoms with Gasteiger partial charge in [0.05, 0.1) is 11.6 Å². The van der Waals surface area contributed by atoms with Gasteiger partial charge in [-0.3, -0.25) is 0 Å². The standard InChI is InChI=1S/C20H14N2/c21-13-15-6-8-20-19(11-15)9-10-22(20)14-16-5-7-17-3-1-2-4-18(17)12-16/h1-12H,14H2. The van der Waals surface area contributed by atoms with Crippen LogP contribution in [0.15, 0.2) is 72.9 Å². The highest BCUT2D eigenvalue weighted by Gasteiger charge is 2.04. The zero-order valence-corrected chi connectivity index (χ0v) is 12.0.